The number of esters is 7. The molecule has 0 amide bonds. The van der Waals surface area contributed by atoms with Gasteiger partial charge in [0.1, 0.15) is 51.7 Å². The summed E-state index contributed by atoms with van der Waals surface area (Å²) in [6.45, 7) is 24.7. The number of hydrogen-bond acceptors (Lipinski definition) is 15. The van der Waals surface area contributed by atoms with E-state index < -0.39 is 59.2 Å². The van der Waals surface area contributed by atoms with Gasteiger partial charge in [0.05, 0.1) is 12.0 Å². The van der Waals surface area contributed by atoms with Crippen LogP contribution in [0.3, 0.4) is 0 Å². The van der Waals surface area contributed by atoms with Gasteiger partial charge in [-0.05, 0) is 20.8 Å². The van der Waals surface area contributed by atoms with Gasteiger partial charge in [-0.15, -0.1) is 0 Å². The Morgan fingerprint density at radius 1 is 0.449 bits per heavy atom. The maximum atomic E-state index is 11.6. The second kappa shape index (κ2) is 23.7. The molecule has 0 saturated heterocycles. The second-order valence-corrected chi connectivity index (χ2v) is 10.5. The predicted octanol–water partition coefficient (Wildman–Crippen LogP) is 2.21. The molecule has 15 nitrogen and oxygen atoms in total. The fourth-order valence-electron chi connectivity index (χ4n) is 2.67. The molecule has 0 aliphatic carbocycles. The topological polar surface area (TPSA) is 204 Å². The Morgan fingerprint density at radius 3 is 0.816 bits per heavy atom. The average molecular weight is 693 g/mol. The lowest BCUT2D eigenvalue weighted by atomic mass is 9.92. The molecule has 0 fully saturated rings. The smallest absolute Gasteiger partial charge is 0.333 e. The van der Waals surface area contributed by atoms with Gasteiger partial charge in [0.25, 0.3) is 0 Å². The third-order valence-electron chi connectivity index (χ3n) is 5.66. The van der Waals surface area contributed by atoms with Crippen molar-refractivity contribution in [2.24, 2.45) is 10.8 Å². The zero-order chi connectivity index (χ0) is 38.2. The Labute approximate surface area is 285 Å². The highest BCUT2D eigenvalue weighted by Crippen LogP contribution is 2.22. The van der Waals surface area contributed by atoms with E-state index in [1.54, 1.807) is 0 Å². The normalized spacial score (nSPS) is 10.2. The number of aliphatic hydroxyl groups excluding tert-OH is 1. The minimum atomic E-state index is -1.34. The summed E-state index contributed by atoms with van der Waals surface area (Å²) in [4.78, 5) is 80.0. The first-order valence-electron chi connectivity index (χ1n) is 14.1. The van der Waals surface area contributed by atoms with E-state index in [9.17, 15) is 38.7 Å². The summed E-state index contributed by atoms with van der Waals surface area (Å²) in [5, 5.41) is 9.69. The molecule has 0 aromatic carbocycles. The van der Waals surface area contributed by atoms with E-state index in [0.717, 1.165) is 24.3 Å². The number of carbonyl (C=O) groups is 7. The number of rotatable bonds is 22. The van der Waals surface area contributed by atoms with Crippen molar-refractivity contribution in [3.05, 3.63) is 87.1 Å². The Bertz CT molecular complexity index is 1130. The number of ether oxygens (including phenoxy) is 7. The van der Waals surface area contributed by atoms with Gasteiger partial charge in [-0.25, -0.2) is 33.6 Å². The van der Waals surface area contributed by atoms with Gasteiger partial charge < -0.3 is 38.3 Å². The molecule has 0 rings (SSSR count). The van der Waals surface area contributed by atoms with Crippen LogP contribution in [0.1, 0.15) is 20.8 Å². The molecule has 0 unspecified atom stereocenters. The van der Waals surface area contributed by atoms with E-state index in [2.05, 4.69) is 46.1 Å². The fourth-order valence-corrected chi connectivity index (χ4v) is 2.67. The zero-order valence-electron chi connectivity index (χ0n) is 28.1. The molecule has 15 heteroatoms. The second-order valence-electron chi connectivity index (χ2n) is 10.5. The molecule has 0 heterocycles. The van der Waals surface area contributed by atoms with Crippen LogP contribution in [0.5, 0.6) is 0 Å². The van der Waals surface area contributed by atoms with E-state index in [1.165, 1.54) is 20.8 Å². The SMILES string of the molecule is C=C(C)C(=O)OCC(CO)(COC(=O)C(=C)C)COC(=O)C(=C)C.C=CC(=O)OCC(COC(=O)C=C)(COC(=O)C=C)COC(=O)C=C. The maximum absolute atomic E-state index is 11.6. The van der Waals surface area contributed by atoms with E-state index in [0.29, 0.717) is 0 Å². The maximum Gasteiger partial charge on any atom is 0.333 e. The third kappa shape index (κ3) is 19.6. The number of carbonyl (C=O) groups excluding carboxylic acids is 7. The van der Waals surface area contributed by atoms with E-state index in [1.807, 2.05) is 0 Å². The summed E-state index contributed by atoms with van der Waals surface area (Å²) in [5.41, 5.74) is -2.14. The highest BCUT2D eigenvalue weighted by Gasteiger charge is 2.38. The van der Waals surface area contributed by atoms with Gasteiger partial charge in [-0.3, -0.25) is 0 Å². The van der Waals surface area contributed by atoms with Crippen LogP contribution in [0.2, 0.25) is 0 Å². The molecule has 0 atom stereocenters. The van der Waals surface area contributed by atoms with E-state index >= 15 is 0 Å². The van der Waals surface area contributed by atoms with Crippen LogP contribution in [0.25, 0.3) is 0 Å². The molecule has 0 aromatic heterocycles. The van der Waals surface area contributed by atoms with Crippen molar-refractivity contribution >= 4 is 41.8 Å². The molecule has 1 N–H and O–H groups in total. The van der Waals surface area contributed by atoms with Crippen molar-refractivity contribution in [2.75, 3.05) is 52.9 Å². The number of hydrogen-bond donors (Lipinski definition) is 1. The lowest BCUT2D eigenvalue weighted by molar-refractivity contribution is -0.165. The third-order valence-corrected chi connectivity index (χ3v) is 5.66. The lowest BCUT2D eigenvalue weighted by Crippen LogP contribution is -2.43. The van der Waals surface area contributed by atoms with Gasteiger partial charge in [0.15, 0.2) is 0 Å². The van der Waals surface area contributed by atoms with Gasteiger partial charge >= 0.3 is 41.8 Å². The minimum Gasteiger partial charge on any atom is -0.462 e. The molecule has 0 saturated carbocycles. The molecular formula is C34H44O15. The minimum absolute atomic E-state index is 0.166. The predicted molar refractivity (Wildman–Crippen MR) is 174 cm³/mol. The average Bonchev–Trinajstić information content (AvgIpc) is 3.09. The van der Waals surface area contributed by atoms with Gasteiger partial charge in [-0.2, -0.15) is 0 Å². The summed E-state index contributed by atoms with van der Waals surface area (Å²) in [5.74, 6) is -5.07. The van der Waals surface area contributed by atoms with Crippen molar-refractivity contribution < 1.29 is 71.8 Å². The van der Waals surface area contributed by atoms with Crippen molar-refractivity contribution in [1.82, 2.24) is 0 Å². The van der Waals surface area contributed by atoms with Crippen LogP contribution in [0.15, 0.2) is 87.1 Å². The molecule has 270 valence electrons. The summed E-state index contributed by atoms with van der Waals surface area (Å²) in [6, 6.07) is 0. The Morgan fingerprint density at radius 2 is 0.653 bits per heavy atom. The van der Waals surface area contributed by atoms with Crippen molar-refractivity contribution in [1.29, 1.82) is 0 Å². The van der Waals surface area contributed by atoms with Gasteiger partial charge in [0, 0.05) is 41.0 Å². The van der Waals surface area contributed by atoms with Gasteiger partial charge in [-0.1, -0.05) is 46.1 Å². The van der Waals surface area contributed by atoms with Crippen molar-refractivity contribution in [3.63, 3.8) is 0 Å². The first-order chi connectivity index (χ1) is 22.9. The molecule has 0 bridgehead atoms. The van der Waals surface area contributed by atoms with Crippen LogP contribution in [0.4, 0.5) is 0 Å². The molecule has 0 radical (unpaired) electrons. The molecule has 0 aliphatic heterocycles. The van der Waals surface area contributed by atoms with Gasteiger partial charge in [0.2, 0.25) is 0 Å². The van der Waals surface area contributed by atoms with Crippen LogP contribution >= 0.6 is 0 Å². The first kappa shape index (κ1) is 45.6. The van der Waals surface area contributed by atoms with Crippen molar-refractivity contribution in [3.8, 4) is 0 Å². The summed E-state index contributed by atoms with van der Waals surface area (Å²) >= 11 is 0. The number of aliphatic hydroxyl groups is 1. The lowest BCUT2D eigenvalue weighted by Gasteiger charge is -2.31. The summed E-state index contributed by atoms with van der Waals surface area (Å²) in [6.07, 6.45) is 3.69. The zero-order valence-corrected chi connectivity index (χ0v) is 28.1. The summed E-state index contributed by atoms with van der Waals surface area (Å²) < 4.78 is 34.8. The standard InChI is InChI=1S/C17H20O8.C17H24O7/c1-5-13(18)22-9-17(10-23-14(19)6-2,11-24-15(20)7-3)12-25-16(21)8-4;1-11(2)14(19)22-8-17(7-18,9-23-15(20)12(3)4)10-24-16(21)13(5)6/h5-8H,1-4,9-12H2;18H,1,3,5,7-10H2,2,4,6H3. The van der Waals surface area contributed by atoms with E-state index in [4.69, 9.17) is 33.2 Å². The Hall–Kier alpha value is -5.57. The van der Waals surface area contributed by atoms with Crippen LogP contribution < -0.4 is 0 Å². The Balaban J connectivity index is 0. The molecule has 49 heavy (non-hydrogen) atoms. The molecule has 0 spiro atoms. The van der Waals surface area contributed by atoms with E-state index in [-0.39, 0.29) is 63.0 Å². The first-order valence-corrected chi connectivity index (χ1v) is 14.1. The summed E-state index contributed by atoms with van der Waals surface area (Å²) in [7, 11) is 0. The molecular weight excluding hydrogens is 648 g/mol. The van der Waals surface area contributed by atoms with Crippen LogP contribution in [0, 0.1) is 10.8 Å². The molecule has 0 aromatic rings. The van der Waals surface area contributed by atoms with Crippen LogP contribution in [-0.4, -0.2) is 99.7 Å². The van der Waals surface area contributed by atoms with Crippen molar-refractivity contribution in [2.45, 2.75) is 20.8 Å². The quantitative estimate of drug-likeness (QED) is 0.0981. The van der Waals surface area contributed by atoms with Crippen LogP contribution in [-0.2, 0) is 66.7 Å². The monoisotopic (exact) mass is 692 g/mol. The highest BCUT2D eigenvalue weighted by molar-refractivity contribution is 5.88. The largest absolute Gasteiger partial charge is 0.462 e. The fraction of sp³-hybridized carbons (Fsp3) is 0.382. The highest BCUT2D eigenvalue weighted by atomic mass is 16.6. The molecule has 0 aliphatic rings. The Kier molecular flexibility index (Phi) is 22.0.